The Kier molecular flexibility index (Phi) is 8.52. The minimum Gasteiger partial charge on any atom is -0.396 e. The van der Waals surface area contributed by atoms with Crippen LogP contribution in [-0.2, 0) is 0 Å². The summed E-state index contributed by atoms with van der Waals surface area (Å²) in [5.41, 5.74) is 0. The van der Waals surface area contributed by atoms with Crippen LogP contribution in [0.25, 0.3) is 0 Å². The van der Waals surface area contributed by atoms with Crippen LogP contribution in [0.5, 0.6) is 0 Å². The fourth-order valence-electron chi connectivity index (χ4n) is 0.503. The van der Waals surface area contributed by atoms with E-state index in [-0.39, 0.29) is 0 Å². The highest BCUT2D eigenvalue weighted by Crippen LogP contribution is 1.86. The molecule has 0 radical (unpaired) electrons. The van der Waals surface area contributed by atoms with Gasteiger partial charge in [-0.2, -0.15) is 11.8 Å². The van der Waals surface area contributed by atoms with Crippen LogP contribution in [0.2, 0.25) is 0 Å². The molecular weight excluding hydrogens is 134 g/mol. The van der Waals surface area contributed by atoms with E-state index < -0.39 is 0 Å². The van der Waals surface area contributed by atoms with Gasteiger partial charge in [-0.25, -0.2) is 0 Å². The minimum atomic E-state index is 0.298. The van der Waals surface area contributed by atoms with Crippen molar-refractivity contribution < 1.29 is 5.11 Å². The van der Waals surface area contributed by atoms with Crippen molar-refractivity contribution in [1.82, 2.24) is 5.32 Å². The smallest absolute Gasteiger partial charge is 0.0443 e. The molecule has 0 aliphatic heterocycles. The molecule has 0 heterocycles. The summed E-state index contributed by atoms with van der Waals surface area (Å²) >= 11 is 1.83. The lowest BCUT2D eigenvalue weighted by molar-refractivity contribution is 0.286. The first-order valence-corrected chi connectivity index (χ1v) is 4.61. The van der Waals surface area contributed by atoms with E-state index in [1.165, 1.54) is 0 Å². The summed E-state index contributed by atoms with van der Waals surface area (Å²) in [6.07, 6.45) is 2.96. The second-order valence-corrected chi connectivity index (χ2v) is 2.81. The van der Waals surface area contributed by atoms with Gasteiger partial charge in [0.05, 0.1) is 0 Å². The van der Waals surface area contributed by atoms with E-state index >= 15 is 0 Å². The number of hydrogen-bond donors (Lipinski definition) is 2. The SMILES string of the molecule is CSCCNCCCO. The third-order valence-electron chi connectivity index (χ3n) is 0.995. The van der Waals surface area contributed by atoms with Crippen LogP contribution >= 0.6 is 11.8 Å². The van der Waals surface area contributed by atoms with Crippen LogP contribution in [0.15, 0.2) is 0 Å². The number of nitrogens with one attached hydrogen (secondary N) is 1. The molecule has 0 aliphatic carbocycles. The molecular formula is C6H15NOS. The normalized spacial score (nSPS) is 10.0. The number of rotatable bonds is 6. The maximum Gasteiger partial charge on any atom is 0.0443 e. The number of aliphatic hydroxyl groups is 1. The Hall–Kier alpha value is 0.270. The summed E-state index contributed by atoms with van der Waals surface area (Å²) in [5.74, 6) is 1.16. The average Bonchev–Trinajstić information content (AvgIpc) is 1.89. The summed E-state index contributed by atoms with van der Waals surface area (Å²) in [6.45, 7) is 2.30. The first-order chi connectivity index (χ1) is 4.41. The molecule has 0 bridgehead atoms. The van der Waals surface area contributed by atoms with Crippen molar-refractivity contribution in [2.75, 3.05) is 31.7 Å². The number of aliphatic hydroxyl groups excluding tert-OH is 1. The van der Waals surface area contributed by atoms with Crippen LogP contribution in [0, 0.1) is 0 Å². The third-order valence-corrected chi connectivity index (χ3v) is 1.61. The topological polar surface area (TPSA) is 32.3 Å². The molecule has 0 saturated heterocycles. The number of hydrogen-bond acceptors (Lipinski definition) is 3. The Balaban J connectivity index is 2.60. The summed E-state index contributed by atoms with van der Waals surface area (Å²) in [5, 5.41) is 11.6. The highest BCUT2D eigenvalue weighted by molar-refractivity contribution is 7.98. The molecule has 0 unspecified atom stereocenters. The predicted molar refractivity (Wildman–Crippen MR) is 43.0 cm³/mol. The molecule has 2 nitrogen and oxygen atoms in total. The van der Waals surface area contributed by atoms with Crippen molar-refractivity contribution in [2.24, 2.45) is 0 Å². The van der Waals surface area contributed by atoms with Crippen LogP contribution in [0.4, 0.5) is 0 Å². The first-order valence-electron chi connectivity index (χ1n) is 3.22. The van der Waals surface area contributed by atoms with E-state index in [1.54, 1.807) is 0 Å². The highest BCUT2D eigenvalue weighted by Gasteiger charge is 1.83. The minimum absolute atomic E-state index is 0.298. The summed E-state index contributed by atoms with van der Waals surface area (Å²) in [6, 6.07) is 0. The van der Waals surface area contributed by atoms with E-state index in [1.807, 2.05) is 11.8 Å². The standard InChI is InChI=1S/C6H15NOS/c1-9-6-4-7-3-2-5-8/h7-8H,2-6H2,1H3. The maximum absolute atomic E-state index is 8.38. The van der Waals surface area contributed by atoms with Gasteiger partial charge in [0.2, 0.25) is 0 Å². The van der Waals surface area contributed by atoms with Gasteiger partial charge >= 0.3 is 0 Å². The van der Waals surface area contributed by atoms with Crippen molar-refractivity contribution in [3.8, 4) is 0 Å². The molecule has 0 fully saturated rings. The van der Waals surface area contributed by atoms with Gasteiger partial charge in [0.15, 0.2) is 0 Å². The molecule has 0 amide bonds. The molecule has 0 aliphatic rings. The Morgan fingerprint density at radius 2 is 2.22 bits per heavy atom. The third kappa shape index (κ3) is 8.27. The van der Waals surface area contributed by atoms with Crippen molar-refractivity contribution in [3.63, 3.8) is 0 Å². The fraction of sp³-hybridized carbons (Fsp3) is 1.00. The lowest BCUT2D eigenvalue weighted by atomic mass is 10.4. The van der Waals surface area contributed by atoms with E-state index in [0.29, 0.717) is 6.61 Å². The first kappa shape index (κ1) is 9.27. The van der Waals surface area contributed by atoms with Crippen molar-refractivity contribution in [2.45, 2.75) is 6.42 Å². The molecule has 0 spiro atoms. The van der Waals surface area contributed by atoms with E-state index in [0.717, 1.165) is 25.3 Å². The van der Waals surface area contributed by atoms with E-state index in [4.69, 9.17) is 5.11 Å². The lowest BCUT2D eigenvalue weighted by Gasteiger charge is -1.99. The Morgan fingerprint density at radius 1 is 1.44 bits per heavy atom. The zero-order valence-corrected chi connectivity index (χ0v) is 6.71. The van der Waals surface area contributed by atoms with Gasteiger partial charge in [-0.3, -0.25) is 0 Å². The summed E-state index contributed by atoms with van der Waals surface area (Å²) in [4.78, 5) is 0. The molecule has 0 aromatic carbocycles. The van der Waals surface area contributed by atoms with Crippen LogP contribution in [-0.4, -0.2) is 36.8 Å². The van der Waals surface area contributed by atoms with Crippen molar-refractivity contribution >= 4 is 11.8 Å². The second kappa shape index (κ2) is 8.27. The molecule has 2 N–H and O–H groups in total. The monoisotopic (exact) mass is 149 g/mol. The molecule has 0 aromatic rings. The quantitative estimate of drug-likeness (QED) is 0.534. The van der Waals surface area contributed by atoms with Crippen LogP contribution in [0.3, 0.4) is 0 Å². The summed E-state index contributed by atoms with van der Waals surface area (Å²) < 4.78 is 0. The van der Waals surface area contributed by atoms with Gasteiger partial charge in [0.1, 0.15) is 0 Å². The molecule has 0 atom stereocenters. The van der Waals surface area contributed by atoms with Gasteiger partial charge in [0, 0.05) is 18.9 Å². The van der Waals surface area contributed by atoms with Crippen LogP contribution in [0.1, 0.15) is 6.42 Å². The molecule has 0 aromatic heterocycles. The Labute approximate surface area is 61.0 Å². The van der Waals surface area contributed by atoms with E-state index in [9.17, 15) is 0 Å². The van der Waals surface area contributed by atoms with Gasteiger partial charge in [0.25, 0.3) is 0 Å². The molecule has 0 saturated carbocycles. The maximum atomic E-state index is 8.38. The van der Waals surface area contributed by atoms with Crippen molar-refractivity contribution in [1.29, 1.82) is 0 Å². The molecule has 0 rings (SSSR count). The molecule has 56 valence electrons. The summed E-state index contributed by atoms with van der Waals surface area (Å²) in [7, 11) is 0. The largest absolute Gasteiger partial charge is 0.396 e. The van der Waals surface area contributed by atoms with Gasteiger partial charge < -0.3 is 10.4 Å². The van der Waals surface area contributed by atoms with Crippen molar-refractivity contribution in [3.05, 3.63) is 0 Å². The molecule has 3 heteroatoms. The zero-order chi connectivity index (χ0) is 6.95. The molecule has 9 heavy (non-hydrogen) atoms. The van der Waals surface area contributed by atoms with E-state index in [2.05, 4.69) is 11.6 Å². The van der Waals surface area contributed by atoms with Gasteiger partial charge in [-0.1, -0.05) is 0 Å². The Morgan fingerprint density at radius 3 is 2.78 bits per heavy atom. The fourth-order valence-corrected chi connectivity index (χ4v) is 0.852. The highest BCUT2D eigenvalue weighted by atomic mass is 32.2. The second-order valence-electron chi connectivity index (χ2n) is 1.82. The van der Waals surface area contributed by atoms with Gasteiger partial charge in [-0.15, -0.1) is 0 Å². The Bertz CT molecular complexity index is 46.3. The average molecular weight is 149 g/mol. The van der Waals surface area contributed by atoms with Crippen LogP contribution < -0.4 is 5.32 Å². The zero-order valence-electron chi connectivity index (χ0n) is 5.89. The number of thioether (sulfide) groups is 1. The predicted octanol–water partition coefficient (Wildman–Crippen LogP) is 0.321. The lowest BCUT2D eigenvalue weighted by Crippen LogP contribution is -2.18. The van der Waals surface area contributed by atoms with Gasteiger partial charge in [-0.05, 0) is 19.2 Å².